The van der Waals surface area contributed by atoms with Crippen LogP contribution in [0.2, 0.25) is 0 Å². The molecule has 3 N–H and O–H groups in total. The summed E-state index contributed by atoms with van der Waals surface area (Å²) in [5.41, 5.74) is 0.192. The Labute approximate surface area is 115 Å². The Hall–Kier alpha value is -1.70. The van der Waals surface area contributed by atoms with Gasteiger partial charge in [0.1, 0.15) is 12.3 Å². The lowest BCUT2D eigenvalue weighted by molar-refractivity contribution is -0.0459. The Morgan fingerprint density at radius 1 is 1.55 bits per heavy atom. The second-order valence-electron chi connectivity index (χ2n) is 5.09. The molecule has 1 aliphatic rings. The molecule has 1 aliphatic heterocycles. The quantitative estimate of drug-likeness (QED) is 0.699. The molecular weight excluding hydrogens is 264 g/mol. The first-order valence-corrected chi connectivity index (χ1v) is 6.37. The van der Waals surface area contributed by atoms with E-state index in [1.807, 2.05) is 13.8 Å². The summed E-state index contributed by atoms with van der Waals surface area (Å²) >= 11 is 0. The number of aromatic amines is 1. The predicted octanol–water partition coefficient (Wildman–Crippen LogP) is -0.400. The van der Waals surface area contributed by atoms with Crippen molar-refractivity contribution in [3.05, 3.63) is 38.2 Å². The van der Waals surface area contributed by atoms with Crippen LogP contribution in [-0.4, -0.2) is 38.6 Å². The minimum absolute atomic E-state index is 0.186. The molecule has 1 fully saturated rings. The number of aromatic nitrogens is 2. The van der Waals surface area contributed by atoms with E-state index in [-0.39, 0.29) is 13.0 Å². The Morgan fingerprint density at radius 2 is 2.25 bits per heavy atom. The molecule has 20 heavy (non-hydrogen) atoms. The average molecular weight is 282 g/mol. The number of aliphatic hydroxyl groups is 2. The Bertz CT molecular complexity index is 626. The number of allylic oxidation sites excluding steroid dienone is 1. The van der Waals surface area contributed by atoms with Gasteiger partial charge in [0.2, 0.25) is 0 Å². The lowest BCUT2D eigenvalue weighted by Gasteiger charge is -2.14. The molecule has 2 heterocycles. The van der Waals surface area contributed by atoms with Crippen LogP contribution in [0.1, 0.15) is 32.1 Å². The highest BCUT2D eigenvalue weighted by Crippen LogP contribution is 2.27. The van der Waals surface area contributed by atoms with Crippen molar-refractivity contribution in [1.29, 1.82) is 0 Å². The van der Waals surface area contributed by atoms with Gasteiger partial charge in [0.25, 0.3) is 5.56 Å². The topological polar surface area (TPSA) is 105 Å². The van der Waals surface area contributed by atoms with Crippen LogP contribution < -0.4 is 11.2 Å². The molecule has 0 bridgehead atoms. The number of H-pyrrole nitrogens is 1. The number of aliphatic hydroxyl groups excluding tert-OH is 2. The third-order valence-electron chi connectivity index (χ3n) is 3.13. The normalized spacial score (nSPS) is 25.7. The number of ether oxygens (including phenoxy) is 1. The molecule has 1 aromatic heterocycles. The first-order chi connectivity index (χ1) is 9.42. The lowest BCUT2D eigenvalue weighted by Crippen LogP contribution is -2.33. The minimum atomic E-state index is -0.837. The smallest absolute Gasteiger partial charge is 0.330 e. The van der Waals surface area contributed by atoms with Crippen molar-refractivity contribution in [3.8, 4) is 0 Å². The van der Waals surface area contributed by atoms with E-state index in [4.69, 9.17) is 9.84 Å². The average Bonchev–Trinajstić information content (AvgIpc) is 2.73. The van der Waals surface area contributed by atoms with Crippen molar-refractivity contribution in [2.45, 2.75) is 38.7 Å². The summed E-state index contributed by atoms with van der Waals surface area (Å²) in [7, 11) is 0. The van der Waals surface area contributed by atoms with Crippen LogP contribution in [0.3, 0.4) is 0 Å². The molecule has 1 aromatic rings. The molecule has 7 heteroatoms. The third kappa shape index (κ3) is 2.90. The van der Waals surface area contributed by atoms with Crippen molar-refractivity contribution in [3.63, 3.8) is 0 Å². The van der Waals surface area contributed by atoms with Crippen molar-refractivity contribution >= 4 is 6.08 Å². The molecule has 3 atom stereocenters. The molecule has 0 aromatic carbocycles. The zero-order valence-electron chi connectivity index (χ0n) is 11.4. The van der Waals surface area contributed by atoms with Gasteiger partial charge in [0, 0.05) is 12.6 Å². The van der Waals surface area contributed by atoms with Gasteiger partial charge in [0.05, 0.1) is 18.3 Å². The predicted molar refractivity (Wildman–Crippen MR) is 72.3 cm³/mol. The van der Waals surface area contributed by atoms with Crippen LogP contribution in [0.25, 0.3) is 6.08 Å². The Kier molecular flexibility index (Phi) is 4.22. The van der Waals surface area contributed by atoms with E-state index in [2.05, 4.69) is 4.98 Å². The van der Waals surface area contributed by atoms with Crippen LogP contribution in [0, 0.1) is 0 Å². The maximum absolute atomic E-state index is 11.8. The van der Waals surface area contributed by atoms with Gasteiger partial charge in [0.15, 0.2) is 0 Å². The number of hydrogen-bond acceptors (Lipinski definition) is 5. The number of hydrogen-bond donors (Lipinski definition) is 3. The van der Waals surface area contributed by atoms with Gasteiger partial charge in [-0.15, -0.1) is 0 Å². The lowest BCUT2D eigenvalue weighted by atomic mass is 10.2. The van der Waals surface area contributed by atoms with E-state index >= 15 is 0 Å². The van der Waals surface area contributed by atoms with Crippen LogP contribution in [0.5, 0.6) is 0 Å². The molecule has 0 aliphatic carbocycles. The van der Waals surface area contributed by atoms with Gasteiger partial charge in [-0.25, -0.2) is 4.79 Å². The molecule has 0 saturated carbocycles. The second kappa shape index (κ2) is 5.74. The summed E-state index contributed by atoms with van der Waals surface area (Å²) in [6.07, 6.45) is 0.998. The maximum atomic E-state index is 11.8. The maximum Gasteiger partial charge on any atom is 0.330 e. The molecule has 0 spiro atoms. The van der Waals surface area contributed by atoms with E-state index in [1.165, 1.54) is 10.8 Å². The van der Waals surface area contributed by atoms with Gasteiger partial charge < -0.3 is 14.9 Å². The van der Waals surface area contributed by atoms with Gasteiger partial charge >= 0.3 is 5.69 Å². The van der Waals surface area contributed by atoms with Gasteiger partial charge in [-0.2, -0.15) is 0 Å². The van der Waals surface area contributed by atoms with Crippen molar-refractivity contribution in [1.82, 2.24) is 9.55 Å². The fourth-order valence-corrected chi connectivity index (χ4v) is 2.18. The fourth-order valence-electron chi connectivity index (χ4n) is 2.18. The summed E-state index contributed by atoms with van der Waals surface area (Å²) in [6.45, 7) is 3.36. The first kappa shape index (κ1) is 14.7. The van der Waals surface area contributed by atoms with Crippen LogP contribution in [0.4, 0.5) is 0 Å². The monoisotopic (exact) mass is 282 g/mol. The molecule has 2 rings (SSSR count). The fraction of sp³-hybridized carbons (Fsp3) is 0.538. The Morgan fingerprint density at radius 3 is 2.80 bits per heavy atom. The molecule has 110 valence electrons. The standard InChI is InChI=1S/C13H18N2O5/c1-7(2)3-8-5-15(13(19)14-12(8)18)11-4-9(17)10(6-16)20-11/h3,5,9-11,16-17H,4,6H2,1-2H3,(H,14,18,19)/t9-,10+,11+/m0/s1. The molecule has 0 radical (unpaired) electrons. The third-order valence-corrected chi connectivity index (χ3v) is 3.13. The van der Waals surface area contributed by atoms with E-state index < -0.39 is 29.7 Å². The zero-order chi connectivity index (χ0) is 14.9. The largest absolute Gasteiger partial charge is 0.394 e. The number of rotatable bonds is 3. The summed E-state index contributed by atoms with van der Waals surface area (Å²) in [5.74, 6) is 0. The number of nitrogens with one attached hydrogen (secondary N) is 1. The van der Waals surface area contributed by atoms with E-state index in [0.717, 1.165) is 5.57 Å². The summed E-state index contributed by atoms with van der Waals surface area (Å²) in [6, 6.07) is 0. The molecule has 1 saturated heterocycles. The van der Waals surface area contributed by atoms with Gasteiger partial charge in [-0.3, -0.25) is 14.3 Å². The van der Waals surface area contributed by atoms with Crippen LogP contribution in [-0.2, 0) is 4.74 Å². The summed E-state index contributed by atoms with van der Waals surface area (Å²) < 4.78 is 6.64. The first-order valence-electron chi connectivity index (χ1n) is 6.37. The highest BCUT2D eigenvalue weighted by molar-refractivity contribution is 5.49. The second-order valence-corrected chi connectivity index (χ2v) is 5.09. The zero-order valence-corrected chi connectivity index (χ0v) is 11.4. The SMILES string of the molecule is CC(C)=Cc1cn([C@H]2C[C@H](O)[C@@H](CO)O2)c(=O)[nH]c1=O. The van der Waals surface area contributed by atoms with Gasteiger partial charge in [-0.1, -0.05) is 5.57 Å². The Balaban J connectivity index is 2.40. The molecule has 7 nitrogen and oxygen atoms in total. The van der Waals surface area contributed by atoms with Crippen molar-refractivity contribution in [2.24, 2.45) is 0 Å². The number of nitrogens with zero attached hydrogens (tertiary/aromatic N) is 1. The van der Waals surface area contributed by atoms with Crippen LogP contribution in [0.15, 0.2) is 21.4 Å². The highest BCUT2D eigenvalue weighted by atomic mass is 16.5. The minimum Gasteiger partial charge on any atom is -0.394 e. The molecule has 0 amide bonds. The summed E-state index contributed by atoms with van der Waals surface area (Å²) in [5, 5.41) is 18.7. The highest BCUT2D eigenvalue weighted by Gasteiger charge is 2.35. The van der Waals surface area contributed by atoms with Crippen LogP contribution >= 0.6 is 0 Å². The van der Waals surface area contributed by atoms with Crippen molar-refractivity contribution in [2.75, 3.05) is 6.61 Å². The summed E-state index contributed by atoms with van der Waals surface area (Å²) in [4.78, 5) is 25.7. The van der Waals surface area contributed by atoms with Crippen molar-refractivity contribution < 1.29 is 14.9 Å². The van der Waals surface area contributed by atoms with E-state index in [9.17, 15) is 14.7 Å². The van der Waals surface area contributed by atoms with E-state index in [0.29, 0.717) is 5.56 Å². The molecular formula is C13H18N2O5. The molecule has 0 unspecified atom stereocenters. The van der Waals surface area contributed by atoms with Gasteiger partial charge in [-0.05, 0) is 19.9 Å². The van der Waals surface area contributed by atoms with E-state index in [1.54, 1.807) is 6.08 Å².